The molecule has 0 aliphatic carbocycles. The van der Waals surface area contributed by atoms with Crippen molar-refractivity contribution in [2.45, 2.75) is 52.3 Å². The Morgan fingerprint density at radius 3 is 2.38 bits per heavy atom. The van der Waals surface area contributed by atoms with Crippen LogP contribution in [0.1, 0.15) is 45.2 Å². The van der Waals surface area contributed by atoms with E-state index in [1.807, 2.05) is 0 Å². The molecule has 0 amide bonds. The molecule has 16 heavy (non-hydrogen) atoms. The number of hydrogen-bond donors (Lipinski definition) is 0. The predicted molar refractivity (Wildman–Crippen MR) is 73.2 cm³/mol. The van der Waals surface area contributed by atoms with Gasteiger partial charge in [-0.25, -0.2) is 0 Å². The maximum atomic E-state index is 6.38. The molecule has 1 aromatic rings. The third-order valence-corrected chi connectivity index (χ3v) is 3.90. The van der Waals surface area contributed by atoms with Gasteiger partial charge in [0.1, 0.15) is 0 Å². The molecule has 1 unspecified atom stereocenters. The summed E-state index contributed by atoms with van der Waals surface area (Å²) in [5.41, 5.74) is 3.03. The predicted octanol–water partition coefficient (Wildman–Crippen LogP) is 4.84. The minimum absolute atomic E-state index is 0.198. The summed E-state index contributed by atoms with van der Waals surface area (Å²) in [6, 6.07) is 8.83. The third kappa shape index (κ3) is 4.17. The molecule has 1 rings (SSSR count). The molecule has 0 heterocycles. The Morgan fingerprint density at radius 2 is 1.81 bits per heavy atom. The third-order valence-electron chi connectivity index (χ3n) is 3.03. The van der Waals surface area contributed by atoms with Crippen molar-refractivity contribution in [3.63, 3.8) is 0 Å². The lowest BCUT2D eigenvalue weighted by Gasteiger charge is -2.25. The Balaban J connectivity index is 2.54. The van der Waals surface area contributed by atoms with E-state index in [9.17, 15) is 0 Å². The van der Waals surface area contributed by atoms with Crippen LogP contribution in [-0.2, 0) is 12.8 Å². The van der Waals surface area contributed by atoms with Crippen molar-refractivity contribution in [1.29, 1.82) is 0 Å². The van der Waals surface area contributed by atoms with Gasteiger partial charge in [-0.15, -0.1) is 11.6 Å². The quantitative estimate of drug-likeness (QED) is 0.659. The molecular weight excluding hydrogens is 216 g/mol. The second-order valence-corrected chi connectivity index (χ2v) is 6.07. The Kier molecular flexibility index (Phi) is 4.86. The first-order valence-corrected chi connectivity index (χ1v) is 6.59. The molecule has 1 atom stereocenters. The van der Waals surface area contributed by atoms with Crippen molar-refractivity contribution in [3.05, 3.63) is 35.4 Å². The largest absolute Gasteiger partial charge is 0.122 e. The van der Waals surface area contributed by atoms with Crippen LogP contribution in [0.25, 0.3) is 0 Å². The summed E-state index contributed by atoms with van der Waals surface area (Å²) in [4.78, 5) is 0. The minimum atomic E-state index is 0.198. The molecule has 0 aliphatic rings. The molecule has 0 aromatic heterocycles. The van der Waals surface area contributed by atoms with Gasteiger partial charge in [-0.2, -0.15) is 0 Å². The van der Waals surface area contributed by atoms with Crippen LogP contribution in [-0.4, -0.2) is 5.38 Å². The van der Waals surface area contributed by atoms with Crippen LogP contribution < -0.4 is 0 Å². The number of rotatable bonds is 4. The molecule has 0 aliphatic heterocycles. The zero-order chi connectivity index (χ0) is 12.2. The Morgan fingerprint density at radius 1 is 1.19 bits per heavy atom. The molecule has 0 spiro atoms. The average Bonchev–Trinajstić information content (AvgIpc) is 2.25. The van der Waals surface area contributed by atoms with E-state index < -0.39 is 0 Å². The second-order valence-electron chi connectivity index (χ2n) is 5.55. The molecular formula is C15H23Cl. The van der Waals surface area contributed by atoms with Gasteiger partial charge in [-0.3, -0.25) is 0 Å². The smallest absolute Gasteiger partial charge is 0.0387 e. The van der Waals surface area contributed by atoms with E-state index in [2.05, 4.69) is 52.0 Å². The number of aryl methyl sites for hydroxylation is 2. The van der Waals surface area contributed by atoms with E-state index in [-0.39, 0.29) is 10.8 Å². The first-order chi connectivity index (χ1) is 7.43. The van der Waals surface area contributed by atoms with Crippen molar-refractivity contribution >= 4 is 11.6 Å². The summed E-state index contributed by atoms with van der Waals surface area (Å²) in [6.45, 7) is 8.80. The van der Waals surface area contributed by atoms with Gasteiger partial charge in [-0.05, 0) is 35.8 Å². The SMILES string of the molecule is CCc1cccc(CCC(Cl)C(C)(C)C)c1. The number of hydrogen-bond acceptors (Lipinski definition) is 0. The molecule has 0 saturated heterocycles. The van der Waals surface area contributed by atoms with Gasteiger partial charge in [0, 0.05) is 5.38 Å². The Bertz CT molecular complexity index is 322. The van der Waals surface area contributed by atoms with Crippen LogP contribution in [0.2, 0.25) is 0 Å². The molecule has 0 nitrogen and oxygen atoms in total. The van der Waals surface area contributed by atoms with Crippen LogP contribution >= 0.6 is 11.6 Å². The molecule has 0 radical (unpaired) electrons. The summed E-state index contributed by atoms with van der Waals surface area (Å²) < 4.78 is 0. The van der Waals surface area contributed by atoms with E-state index in [0.717, 1.165) is 19.3 Å². The van der Waals surface area contributed by atoms with Crippen LogP contribution in [0, 0.1) is 5.41 Å². The van der Waals surface area contributed by atoms with Gasteiger partial charge in [0.25, 0.3) is 0 Å². The van der Waals surface area contributed by atoms with Crippen molar-refractivity contribution < 1.29 is 0 Å². The first-order valence-electron chi connectivity index (χ1n) is 6.15. The maximum absolute atomic E-state index is 6.38. The van der Waals surface area contributed by atoms with E-state index >= 15 is 0 Å². The standard InChI is InChI=1S/C15H23Cl/c1-5-12-7-6-8-13(11-12)9-10-14(16)15(2,3)4/h6-8,11,14H,5,9-10H2,1-4H3. The first kappa shape index (κ1) is 13.6. The normalized spacial score (nSPS) is 13.8. The fourth-order valence-corrected chi connectivity index (χ4v) is 1.84. The number of alkyl halides is 1. The lowest BCUT2D eigenvalue weighted by Crippen LogP contribution is -2.21. The van der Waals surface area contributed by atoms with Crippen LogP contribution in [0.3, 0.4) is 0 Å². The van der Waals surface area contributed by atoms with Crippen LogP contribution in [0.4, 0.5) is 0 Å². The topological polar surface area (TPSA) is 0 Å². The second kappa shape index (κ2) is 5.72. The maximum Gasteiger partial charge on any atom is 0.0387 e. The van der Waals surface area contributed by atoms with Gasteiger partial charge in [-0.1, -0.05) is 52.0 Å². The van der Waals surface area contributed by atoms with Gasteiger partial charge >= 0.3 is 0 Å². The van der Waals surface area contributed by atoms with Crippen molar-refractivity contribution in [1.82, 2.24) is 0 Å². The Labute approximate surface area is 105 Å². The van der Waals surface area contributed by atoms with Crippen LogP contribution in [0.5, 0.6) is 0 Å². The molecule has 90 valence electrons. The number of benzene rings is 1. The van der Waals surface area contributed by atoms with Crippen molar-refractivity contribution in [2.75, 3.05) is 0 Å². The van der Waals surface area contributed by atoms with Crippen molar-refractivity contribution in [2.24, 2.45) is 5.41 Å². The van der Waals surface area contributed by atoms with Crippen LogP contribution in [0.15, 0.2) is 24.3 Å². The summed E-state index contributed by atoms with van der Waals surface area (Å²) in [5, 5.41) is 0.248. The summed E-state index contributed by atoms with van der Waals surface area (Å²) in [5.74, 6) is 0. The highest BCUT2D eigenvalue weighted by Crippen LogP contribution is 2.28. The summed E-state index contributed by atoms with van der Waals surface area (Å²) in [6.07, 6.45) is 3.24. The molecule has 1 aromatic carbocycles. The molecule has 1 heteroatoms. The molecule has 0 bridgehead atoms. The van der Waals surface area contributed by atoms with Crippen molar-refractivity contribution in [3.8, 4) is 0 Å². The fourth-order valence-electron chi connectivity index (χ4n) is 1.73. The fraction of sp³-hybridized carbons (Fsp3) is 0.600. The van der Waals surface area contributed by atoms with E-state index in [0.29, 0.717) is 0 Å². The van der Waals surface area contributed by atoms with Gasteiger partial charge in [0.15, 0.2) is 0 Å². The zero-order valence-corrected chi connectivity index (χ0v) is 11.6. The van der Waals surface area contributed by atoms with Gasteiger partial charge in [0.05, 0.1) is 0 Å². The summed E-state index contributed by atoms with van der Waals surface area (Å²) in [7, 11) is 0. The lowest BCUT2D eigenvalue weighted by molar-refractivity contribution is 0.374. The van der Waals surface area contributed by atoms with Gasteiger partial charge < -0.3 is 0 Å². The Hall–Kier alpha value is -0.490. The molecule has 0 fully saturated rings. The zero-order valence-electron chi connectivity index (χ0n) is 10.9. The lowest BCUT2D eigenvalue weighted by atomic mass is 9.88. The monoisotopic (exact) mass is 238 g/mol. The highest BCUT2D eigenvalue weighted by atomic mass is 35.5. The molecule has 0 saturated carbocycles. The minimum Gasteiger partial charge on any atom is -0.122 e. The molecule has 0 N–H and O–H groups in total. The average molecular weight is 239 g/mol. The highest BCUT2D eigenvalue weighted by Gasteiger charge is 2.21. The van der Waals surface area contributed by atoms with E-state index in [4.69, 9.17) is 11.6 Å². The van der Waals surface area contributed by atoms with Gasteiger partial charge in [0.2, 0.25) is 0 Å². The summed E-state index contributed by atoms with van der Waals surface area (Å²) >= 11 is 6.38. The number of halogens is 1. The van der Waals surface area contributed by atoms with E-state index in [1.54, 1.807) is 0 Å². The van der Waals surface area contributed by atoms with E-state index in [1.165, 1.54) is 11.1 Å². The highest BCUT2D eigenvalue weighted by molar-refractivity contribution is 6.21.